The van der Waals surface area contributed by atoms with E-state index in [9.17, 15) is 4.57 Å². The minimum absolute atomic E-state index is 0.297. The van der Waals surface area contributed by atoms with Crippen LogP contribution in [0, 0.1) is 0 Å². The second-order valence-corrected chi connectivity index (χ2v) is 5.22. The summed E-state index contributed by atoms with van der Waals surface area (Å²) in [5.74, 6) is 0. The fraction of sp³-hybridized carbons (Fsp3) is 1.00. The van der Waals surface area contributed by atoms with Crippen LogP contribution in [0.2, 0.25) is 0 Å². The van der Waals surface area contributed by atoms with Crippen molar-refractivity contribution in [2.75, 3.05) is 6.61 Å². The molecule has 1 N–H and O–H groups in total. The molecule has 0 bridgehead atoms. The van der Waals surface area contributed by atoms with Crippen molar-refractivity contribution in [3.63, 3.8) is 0 Å². The number of hydrogen-bond donors (Lipinski definition) is 1. The first-order valence-corrected chi connectivity index (χ1v) is 8.61. The summed E-state index contributed by atoms with van der Waals surface area (Å²) in [6.07, 6.45) is 14.4. The van der Waals surface area contributed by atoms with Gasteiger partial charge in [-0.25, -0.2) is 0 Å². The smallest absolute Gasteiger partial charge is 0.133 e. The molecular weight excluding hydrogens is 247 g/mol. The molecule has 0 radical (unpaired) electrons. The van der Waals surface area contributed by atoms with E-state index in [4.69, 9.17) is 4.89 Å². The van der Waals surface area contributed by atoms with Crippen LogP contribution >= 0.6 is 8.25 Å². The lowest BCUT2D eigenvalue weighted by atomic mass is 10.1. The average molecular weight is 279 g/mol. The minimum Gasteiger partial charge on any atom is -0.133 e. The molecule has 0 spiro atoms. The molecule has 0 rings (SSSR count). The highest BCUT2D eigenvalue weighted by atomic mass is 31.1. The Labute approximate surface area is 114 Å². The van der Waals surface area contributed by atoms with Gasteiger partial charge >= 0.3 is 8.25 Å². The van der Waals surface area contributed by atoms with Crippen molar-refractivity contribution in [2.45, 2.75) is 85.0 Å². The van der Waals surface area contributed by atoms with Gasteiger partial charge in [0.05, 0.1) is 0 Å². The topological polar surface area (TPSA) is 46.5 Å². The van der Waals surface area contributed by atoms with Crippen molar-refractivity contribution in [1.82, 2.24) is 0 Å². The number of rotatable bonds is 11. The van der Waals surface area contributed by atoms with Crippen molar-refractivity contribution in [3.8, 4) is 0 Å². The molecule has 0 aromatic carbocycles. The standard InChI is InChI=1S/C12H26.C2H5O3P/c1-3-5-7-9-11-12-10-8-6-4-2;1-2-5-6(3)4/h3-12H2,1-2H3;2H2,1H3/p+1. The van der Waals surface area contributed by atoms with Crippen molar-refractivity contribution < 1.29 is 14.0 Å². The summed E-state index contributed by atoms with van der Waals surface area (Å²) in [5, 5.41) is 0. The Morgan fingerprint density at radius 1 is 0.778 bits per heavy atom. The fourth-order valence-corrected chi connectivity index (χ4v) is 1.89. The Morgan fingerprint density at radius 2 is 1.11 bits per heavy atom. The Balaban J connectivity index is 0. The van der Waals surface area contributed by atoms with Crippen LogP contribution in [0.1, 0.15) is 85.0 Å². The van der Waals surface area contributed by atoms with E-state index < -0.39 is 8.25 Å². The van der Waals surface area contributed by atoms with E-state index in [0.717, 1.165) is 0 Å². The van der Waals surface area contributed by atoms with E-state index >= 15 is 0 Å². The lowest BCUT2D eigenvalue weighted by molar-refractivity contribution is 0.297. The van der Waals surface area contributed by atoms with Crippen molar-refractivity contribution >= 4 is 8.25 Å². The van der Waals surface area contributed by atoms with Gasteiger partial charge in [0.1, 0.15) is 6.61 Å². The Kier molecular flexibility index (Phi) is 21.9. The molecule has 0 saturated carbocycles. The molecule has 0 aliphatic heterocycles. The molecule has 3 nitrogen and oxygen atoms in total. The summed E-state index contributed by atoms with van der Waals surface area (Å²) >= 11 is 0. The van der Waals surface area contributed by atoms with Crippen LogP contribution < -0.4 is 0 Å². The Morgan fingerprint density at radius 3 is 1.28 bits per heavy atom. The lowest BCUT2D eigenvalue weighted by Crippen LogP contribution is -1.80. The fourth-order valence-electron chi connectivity index (χ4n) is 1.67. The van der Waals surface area contributed by atoms with Gasteiger partial charge in [0.15, 0.2) is 0 Å². The van der Waals surface area contributed by atoms with Gasteiger partial charge in [-0.1, -0.05) is 78.1 Å². The Hall–Kier alpha value is 0.0200. The van der Waals surface area contributed by atoms with Crippen LogP contribution in [-0.4, -0.2) is 11.5 Å². The molecule has 0 heterocycles. The van der Waals surface area contributed by atoms with E-state index in [2.05, 4.69) is 18.4 Å². The summed E-state index contributed by atoms with van der Waals surface area (Å²) in [4.78, 5) is 7.84. The molecule has 1 atom stereocenters. The van der Waals surface area contributed by atoms with Crippen LogP contribution in [0.15, 0.2) is 0 Å². The molecule has 0 aliphatic carbocycles. The monoisotopic (exact) mass is 279 g/mol. The summed E-state index contributed by atoms with van der Waals surface area (Å²) in [7, 11) is -2.35. The third kappa shape index (κ3) is 25.0. The van der Waals surface area contributed by atoms with Gasteiger partial charge in [-0.15, -0.1) is 9.42 Å². The summed E-state index contributed by atoms with van der Waals surface area (Å²) < 4.78 is 13.6. The second kappa shape index (κ2) is 19.4. The van der Waals surface area contributed by atoms with Crippen LogP contribution in [0.25, 0.3) is 0 Å². The summed E-state index contributed by atoms with van der Waals surface area (Å²) in [6.45, 7) is 6.51. The summed E-state index contributed by atoms with van der Waals surface area (Å²) in [5.41, 5.74) is 0. The average Bonchev–Trinajstić information content (AvgIpc) is 2.33. The van der Waals surface area contributed by atoms with Gasteiger partial charge in [0, 0.05) is 4.57 Å². The molecule has 18 heavy (non-hydrogen) atoms. The maximum absolute atomic E-state index is 9.53. The van der Waals surface area contributed by atoms with Gasteiger partial charge in [-0.3, -0.25) is 0 Å². The third-order valence-electron chi connectivity index (χ3n) is 2.70. The number of hydrogen-bond acceptors (Lipinski definition) is 2. The predicted octanol–water partition coefficient (Wildman–Crippen LogP) is 5.60. The third-order valence-corrected chi connectivity index (χ3v) is 3.18. The van der Waals surface area contributed by atoms with Crippen molar-refractivity contribution in [2.24, 2.45) is 0 Å². The van der Waals surface area contributed by atoms with Gasteiger partial charge in [0.25, 0.3) is 0 Å². The maximum atomic E-state index is 9.53. The van der Waals surface area contributed by atoms with Crippen LogP contribution in [0.5, 0.6) is 0 Å². The highest BCUT2D eigenvalue weighted by molar-refractivity contribution is 7.32. The Bertz CT molecular complexity index is 153. The zero-order chi connectivity index (χ0) is 14.1. The van der Waals surface area contributed by atoms with E-state index in [1.54, 1.807) is 6.92 Å². The molecule has 0 saturated heterocycles. The van der Waals surface area contributed by atoms with E-state index in [0.29, 0.717) is 6.61 Å². The largest absolute Gasteiger partial charge is 0.694 e. The van der Waals surface area contributed by atoms with Gasteiger partial charge < -0.3 is 0 Å². The van der Waals surface area contributed by atoms with E-state index in [1.165, 1.54) is 64.2 Å². The van der Waals surface area contributed by atoms with Crippen LogP contribution in [-0.2, 0) is 9.09 Å². The van der Waals surface area contributed by atoms with Gasteiger partial charge in [0.2, 0.25) is 0 Å². The zero-order valence-corrected chi connectivity index (χ0v) is 13.4. The quantitative estimate of drug-likeness (QED) is 0.395. The molecular formula is C14H32O3P+. The second-order valence-electron chi connectivity index (χ2n) is 4.48. The van der Waals surface area contributed by atoms with Gasteiger partial charge in [-0.05, 0) is 6.92 Å². The molecule has 0 amide bonds. The lowest BCUT2D eigenvalue weighted by Gasteiger charge is -1.99. The van der Waals surface area contributed by atoms with E-state index in [-0.39, 0.29) is 0 Å². The van der Waals surface area contributed by atoms with Crippen molar-refractivity contribution in [3.05, 3.63) is 0 Å². The maximum Gasteiger partial charge on any atom is 0.694 e. The molecule has 0 aromatic heterocycles. The first kappa shape index (κ1) is 20.3. The molecule has 0 aromatic rings. The first-order valence-electron chi connectivity index (χ1n) is 7.48. The SMILES string of the molecule is CCCCCCCCCCCC.CCO[P+](=O)O. The molecule has 0 fully saturated rings. The highest BCUT2D eigenvalue weighted by Crippen LogP contribution is 2.12. The van der Waals surface area contributed by atoms with Crippen LogP contribution in [0.4, 0.5) is 0 Å². The normalized spacial score (nSPS) is 10.8. The minimum atomic E-state index is -2.35. The molecule has 0 aliphatic rings. The molecule has 4 heteroatoms. The zero-order valence-electron chi connectivity index (χ0n) is 12.5. The first-order chi connectivity index (χ1) is 8.68. The molecule has 1 unspecified atom stereocenters. The van der Waals surface area contributed by atoms with Crippen molar-refractivity contribution in [1.29, 1.82) is 0 Å². The molecule has 110 valence electrons. The highest BCUT2D eigenvalue weighted by Gasteiger charge is 2.06. The summed E-state index contributed by atoms with van der Waals surface area (Å²) in [6, 6.07) is 0. The van der Waals surface area contributed by atoms with Crippen LogP contribution in [0.3, 0.4) is 0 Å². The predicted molar refractivity (Wildman–Crippen MR) is 79.0 cm³/mol. The number of unbranched alkanes of at least 4 members (excludes halogenated alkanes) is 9. The van der Waals surface area contributed by atoms with Gasteiger partial charge in [-0.2, -0.15) is 0 Å². The van der Waals surface area contributed by atoms with E-state index in [1.807, 2.05) is 0 Å².